The van der Waals surface area contributed by atoms with Crippen LogP contribution in [0.1, 0.15) is 81.2 Å². The maximum absolute atomic E-state index is 13.8. The van der Waals surface area contributed by atoms with Crippen molar-refractivity contribution in [3.05, 3.63) is 68.5 Å². The van der Waals surface area contributed by atoms with Gasteiger partial charge in [-0.2, -0.15) is 0 Å². The fourth-order valence-corrected chi connectivity index (χ4v) is 8.31. The van der Waals surface area contributed by atoms with E-state index in [1.807, 2.05) is 0 Å². The van der Waals surface area contributed by atoms with Gasteiger partial charge in [-0.25, -0.2) is 9.78 Å². The van der Waals surface area contributed by atoms with E-state index < -0.39 is 53.2 Å². The SMILES string of the molecule is CC[C@@]1(O)C(=O)OCc2c1cc1n(c2=O)Cc2c-1nc1ccc(NC(=O)[C@H](C)NC(=O)[C@@H](NC(=O)CCOCCNC(=O)CCN3C(=O)C=CC3=O)C(C)C)c3c1c2CCC3. The van der Waals surface area contributed by atoms with Gasteiger partial charge in [-0.1, -0.05) is 20.8 Å². The summed E-state index contributed by atoms with van der Waals surface area (Å²) < 4.78 is 12.3. The Morgan fingerprint density at radius 1 is 0.918 bits per heavy atom. The summed E-state index contributed by atoms with van der Waals surface area (Å²) in [7, 11) is 0. The van der Waals surface area contributed by atoms with Crippen molar-refractivity contribution in [3.8, 4) is 11.4 Å². The number of rotatable bonds is 16. The van der Waals surface area contributed by atoms with Crippen LogP contribution in [0.4, 0.5) is 5.69 Å². The van der Waals surface area contributed by atoms with E-state index in [2.05, 4.69) is 21.3 Å². The highest BCUT2D eigenvalue weighted by Gasteiger charge is 2.45. The molecule has 5 N–H and O–H groups in total. The number of hydrogen-bond acceptors (Lipinski definition) is 12. The second-order valence-electron chi connectivity index (χ2n) is 16.0. The number of aryl methyl sites for hydroxylation is 2. The van der Waals surface area contributed by atoms with Gasteiger partial charge in [0.05, 0.1) is 42.2 Å². The van der Waals surface area contributed by atoms with Crippen LogP contribution in [0, 0.1) is 5.92 Å². The number of aromatic nitrogens is 2. The fraction of sp³-hybridized carbons (Fsp3) is 0.465. The first-order valence-corrected chi connectivity index (χ1v) is 20.6. The van der Waals surface area contributed by atoms with Crippen LogP contribution < -0.4 is 26.8 Å². The van der Waals surface area contributed by atoms with Crippen molar-refractivity contribution in [1.82, 2.24) is 30.4 Å². The van der Waals surface area contributed by atoms with Gasteiger partial charge in [0.25, 0.3) is 17.4 Å². The van der Waals surface area contributed by atoms with E-state index in [0.29, 0.717) is 29.0 Å². The van der Waals surface area contributed by atoms with E-state index in [0.717, 1.165) is 52.0 Å². The number of fused-ring (bicyclic) bond motifs is 5. The molecule has 6 amide bonds. The molecule has 322 valence electrons. The maximum Gasteiger partial charge on any atom is 0.343 e. The number of esters is 1. The van der Waals surface area contributed by atoms with E-state index in [1.165, 1.54) is 0 Å². The summed E-state index contributed by atoms with van der Waals surface area (Å²) in [6.45, 7) is 7.07. The highest BCUT2D eigenvalue weighted by Crippen LogP contribution is 2.43. The molecule has 0 saturated carbocycles. The molecule has 5 heterocycles. The van der Waals surface area contributed by atoms with E-state index in [9.17, 15) is 43.5 Å². The average Bonchev–Trinajstić information content (AvgIpc) is 3.77. The zero-order valence-electron chi connectivity index (χ0n) is 34.5. The Balaban J connectivity index is 0.939. The normalized spacial score (nSPS) is 18.3. The quantitative estimate of drug-likeness (QED) is 0.0603. The van der Waals surface area contributed by atoms with Crippen LogP contribution in [0.2, 0.25) is 0 Å². The van der Waals surface area contributed by atoms with Crippen molar-refractivity contribution in [3.63, 3.8) is 0 Å². The van der Waals surface area contributed by atoms with Crippen LogP contribution in [-0.4, -0.2) is 99.4 Å². The molecule has 0 spiro atoms. The minimum absolute atomic E-state index is 0.0255. The molecule has 1 aromatic carbocycles. The lowest BCUT2D eigenvalue weighted by Crippen LogP contribution is -2.53. The monoisotopic (exact) mass is 839 g/mol. The molecular formula is C43H49N7O11. The third kappa shape index (κ3) is 8.29. The Labute approximate surface area is 350 Å². The number of aliphatic hydroxyl groups is 1. The third-order valence-electron chi connectivity index (χ3n) is 11.7. The van der Waals surface area contributed by atoms with Gasteiger partial charge in [-0.15, -0.1) is 0 Å². The standard InChI is InChI=1S/C43H49N7O11/c1-5-43(59)28-19-31-38-26(20-50(31)41(57)27(28)21-61-42(43)58)24-7-6-8-25-29(9-10-30(46-38)36(24)25)47-39(55)23(4)45-40(56)37(22(2)3)48-33(52)14-17-60-18-15-44-32(51)13-16-49-34(53)11-12-35(49)54/h9-12,19,22-23,37,59H,5-8,13-18,20-21H2,1-4H3,(H,44,51)(H,45,56)(H,47,55)(H,48,52)/t23-,37-,43-/m0/s1. The summed E-state index contributed by atoms with van der Waals surface area (Å²) in [4.78, 5) is 107. The third-order valence-corrected chi connectivity index (χ3v) is 11.7. The van der Waals surface area contributed by atoms with Crippen molar-refractivity contribution in [1.29, 1.82) is 0 Å². The molecule has 4 aliphatic rings. The largest absolute Gasteiger partial charge is 0.458 e. The minimum Gasteiger partial charge on any atom is -0.458 e. The molecule has 1 aliphatic carbocycles. The predicted octanol–water partition coefficient (Wildman–Crippen LogP) is 0.990. The Morgan fingerprint density at radius 3 is 2.38 bits per heavy atom. The van der Waals surface area contributed by atoms with Gasteiger partial charge in [-0.3, -0.25) is 38.5 Å². The highest BCUT2D eigenvalue weighted by molar-refractivity contribution is 6.13. The van der Waals surface area contributed by atoms with E-state index >= 15 is 0 Å². The number of ether oxygens (including phenoxy) is 2. The topological polar surface area (TPSA) is 244 Å². The molecule has 0 radical (unpaired) electrons. The molecule has 18 heteroatoms. The number of hydrogen-bond donors (Lipinski definition) is 5. The number of nitrogens with one attached hydrogen (secondary N) is 4. The van der Waals surface area contributed by atoms with Gasteiger partial charge in [0, 0.05) is 60.3 Å². The molecule has 3 aromatic rings. The summed E-state index contributed by atoms with van der Waals surface area (Å²) in [5.74, 6) is -3.80. The van der Waals surface area contributed by atoms with Crippen molar-refractivity contribution < 1.29 is 48.1 Å². The fourth-order valence-electron chi connectivity index (χ4n) is 8.31. The zero-order valence-corrected chi connectivity index (χ0v) is 34.5. The number of imide groups is 1. The van der Waals surface area contributed by atoms with Gasteiger partial charge in [0.1, 0.15) is 18.7 Å². The molecule has 2 aromatic heterocycles. The van der Waals surface area contributed by atoms with Crippen LogP contribution in [0.3, 0.4) is 0 Å². The van der Waals surface area contributed by atoms with Gasteiger partial charge in [0.2, 0.25) is 23.6 Å². The van der Waals surface area contributed by atoms with Gasteiger partial charge < -0.3 is 40.4 Å². The Bertz CT molecular complexity index is 2440. The molecular weight excluding hydrogens is 791 g/mol. The van der Waals surface area contributed by atoms with Crippen molar-refractivity contribution in [2.24, 2.45) is 5.92 Å². The Hall–Kier alpha value is -6.27. The summed E-state index contributed by atoms with van der Waals surface area (Å²) in [5, 5.41) is 23.2. The van der Waals surface area contributed by atoms with Crippen molar-refractivity contribution in [2.75, 3.05) is 31.6 Å². The Morgan fingerprint density at radius 2 is 1.66 bits per heavy atom. The molecule has 0 saturated heterocycles. The number of cyclic esters (lactones) is 1. The van der Waals surface area contributed by atoms with Crippen LogP contribution >= 0.6 is 0 Å². The summed E-state index contributed by atoms with van der Waals surface area (Å²) >= 11 is 0. The average molecular weight is 840 g/mol. The minimum atomic E-state index is -1.93. The molecule has 0 unspecified atom stereocenters. The first-order chi connectivity index (χ1) is 29.1. The molecule has 61 heavy (non-hydrogen) atoms. The second kappa shape index (κ2) is 17.4. The molecule has 3 atom stereocenters. The van der Waals surface area contributed by atoms with Crippen LogP contribution in [0.25, 0.3) is 22.3 Å². The number of pyridine rings is 2. The number of amides is 6. The lowest BCUT2D eigenvalue weighted by atomic mass is 9.85. The maximum atomic E-state index is 13.8. The highest BCUT2D eigenvalue weighted by atomic mass is 16.6. The molecule has 7 rings (SSSR count). The van der Waals surface area contributed by atoms with Crippen LogP contribution in [-0.2, 0) is 74.6 Å². The number of nitrogens with zero attached hydrogens (tertiary/aromatic N) is 3. The van der Waals surface area contributed by atoms with Crippen molar-refractivity contribution in [2.45, 2.75) is 97.1 Å². The lowest BCUT2D eigenvalue weighted by Gasteiger charge is -2.31. The van der Waals surface area contributed by atoms with E-state index in [1.54, 1.807) is 50.5 Å². The molecule has 0 fully saturated rings. The van der Waals surface area contributed by atoms with Gasteiger partial charge >= 0.3 is 5.97 Å². The number of benzene rings is 1. The molecule has 18 nitrogen and oxygen atoms in total. The van der Waals surface area contributed by atoms with E-state index in [4.69, 9.17) is 14.5 Å². The number of carbonyl (C=O) groups excluding carboxylic acids is 7. The molecule has 0 bridgehead atoms. The first-order valence-electron chi connectivity index (χ1n) is 20.6. The van der Waals surface area contributed by atoms with Gasteiger partial charge in [0.15, 0.2) is 5.60 Å². The number of anilines is 1. The second-order valence-corrected chi connectivity index (χ2v) is 16.0. The van der Waals surface area contributed by atoms with Crippen molar-refractivity contribution >= 4 is 58.0 Å². The zero-order chi connectivity index (χ0) is 43.7. The smallest absolute Gasteiger partial charge is 0.343 e. The number of carbonyl (C=O) groups is 7. The predicted molar refractivity (Wildman–Crippen MR) is 218 cm³/mol. The van der Waals surface area contributed by atoms with Crippen LogP contribution in [0.5, 0.6) is 0 Å². The van der Waals surface area contributed by atoms with E-state index in [-0.39, 0.29) is 87.2 Å². The lowest BCUT2D eigenvalue weighted by molar-refractivity contribution is -0.172. The van der Waals surface area contributed by atoms with Crippen LogP contribution in [0.15, 0.2) is 35.1 Å². The Kier molecular flexibility index (Phi) is 12.2. The first kappa shape index (κ1) is 42.8. The van der Waals surface area contributed by atoms with Gasteiger partial charge in [-0.05, 0) is 67.9 Å². The molecule has 3 aliphatic heterocycles. The summed E-state index contributed by atoms with van der Waals surface area (Å²) in [6.07, 6.45) is 4.40. The summed E-state index contributed by atoms with van der Waals surface area (Å²) in [5.41, 5.74) is 3.43. The summed E-state index contributed by atoms with van der Waals surface area (Å²) in [6, 6.07) is 3.37.